The van der Waals surface area contributed by atoms with Gasteiger partial charge in [-0.1, -0.05) is 37.3 Å². The maximum atomic E-state index is 12.1. The van der Waals surface area contributed by atoms with E-state index < -0.39 is 0 Å². The lowest BCUT2D eigenvalue weighted by molar-refractivity contribution is -0.133. The first-order valence-electron chi connectivity index (χ1n) is 7.64. The van der Waals surface area contributed by atoms with Gasteiger partial charge >= 0.3 is 5.97 Å². The van der Waals surface area contributed by atoms with Crippen molar-refractivity contribution in [2.75, 3.05) is 6.61 Å². The van der Waals surface area contributed by atoms with Gasteiger partial charge in [-0.05, 0) is 49.1 Å². The van der Waals surface area contributed by atoms with Crippen LogP contribution in [-0.4, -0.2) is 12.6 Å². The Kier molecular flexibility index (Phi) is 5.59. The molecule has 0 aliphatic rings. The zero-order valence-electron chi connectivity index (χ0n) is 13.4. The van der Waals surface area contributed by atoms with Gasteiger partial charge in [-0.3, -0.25) is 4.79 Å². The molecule has 0 fully saturated rings. The SMILES string of the molecule is CCOc1cc(C)ccc1OC(=O)Cc1ccc(CC)cc1. The second kappa shape index (κ2) is 7.64. The van der Waals surface area contributed by atoms with Crippen LogP contribution in [0, 0.1) is 6.92 Å². The minimum atomic E-state index is -0.283. The van der Waals surface area contributed by atoms with Crippen LogP contribution < -0.4 is 9.47 Å². The summed E-state index contributed by atoms with van der Waals surface area (Å²) in [5, 5.41) is 0. The molecule has 0 radical (unpaired) electrons. The molecule has 22 heavy (non-hydrogen) atoms. The lowest BCUT2D eigenvalue weighted by Gasteiger charge is -2.11. The number of hydrogen-bond acceptors (Lipinski definition) is 3. The van der Waals surface area contributed by atoms with Crippen LogP contribution in [0.1, 0.15) is 30.5 Å². The Labute approximate surface area is 131 Å². The van der Waals surface area contributed by atoms with Gasteiger partial charge in [0.2, 0.25) is 0 Å². The standard InChI is InChI=1S/C19H22O3/c1-4-15-7-9-16(10-8-15)13-19(20)22-17-11-6-14(3)12-18(17)21-5-2/h6-12H,4-5,13H2,1-3H3. The Morgan fingerprint density at radius 2 is 1.64 bits per heavy atom. The molecule has 0 atom stereocenters. The van der Waals surface area contributed by atoms with Crippen LogP contribution in [0.3, 0.4) is 0 Å². The molecule has 0 bridgehead atoms. The Morgan fingerprint density at radius 3 is 2.27 bits per heavy atom. The van der Waals surface area contributed by atoms with Crippen molar-refractivity contribution in [3.8, 4) is 11.5 Å². The van der Waals surface area contributed by atoms with Gasteiger partial charge in [0.1, 0.15) is 0 Å². The third-order valence-corrected chi connectivity index (χ3v) is 3.40. The lowest BCUT2D eigenvalue weighted by atomic mass is 10.1. The zero-order valence-corrected chi connectivity index (χ0v) is 13.4. The molecule has 0 saturated carbocycles. The van der Waals surface area contributed by atoms with Gasteiger partial charge in [-0.25, -0.2) is 0 Å². The molecule has 0 spiro atoms. The van der Waals surface area contributed by atoms with Gasteiger partial charge in [0, 0.05) is 0 Å². The predicted molar refractivity (Wildman–Crippen MR) is 87.5 cm³/mol. The monoisotopic (exact) mass is 298 g/mol. The van der Waals surface area contributed by atoms with Crippen molar-refractivity contribution in [3.05, 3.63) is 59.2 Å². The Hall–Kier alpha value is -2.29. The average Bonchev–Trinajstić information content (AvgIpc) is 2.51. The summed E-state index contributed by atoms with van der Waals surface area (Å²) in [4.78, 5) is 12.1. The molecule has 0 unspecified atom stereocenters. The Balaban J connectivity index is 2.04. The maximum absolute atomic E-state index is 12.1. The van der Waals surface area contributed by atoms with Gasteiger partial charge in [0.15, 0.2) is 11.5 Å². The average molecular weight is 298 g/mol. The molecule has 2 aromatic carbocycles. The molecule has 2 aromatic rings. The summed E-state index contributed by atoms with van der Waals surface area (Å²) in [6, 6.07) is 13.6. The van der Waals surface area contributed by atoms with Crippen LogP contribution in [0.25, 0.3) is 0 Å². The van der Waals surface area contributed by atoms with E-state index in [1.807, 2.05) is 50.2 Å². The summed E-state index contributed by atoms with van der Waals surface area (Å²) in [7, 11) is 0. The number of carbonyl (C=O) groups is 1. The zero-order chi connectivity index (χ0) is 15.9. The largest absolute Gasteiger partial charge is 0.490 e. The van der Waals surface area contributed by atoms with Crippen LogP contribution in [-0.2, 0) is 17.6 Å². The fourth-order valence-electron chi connectivity index (χ4n) is 2.19. The van der Waals surface area contributed by atoms with Crippen LogP contribution in [0.2, 0.25) is 0 Å². The van der Waals surface area contributed by atoms with Crippen molar-refractivity contribution >= 4 is 5.97 Å². The molecule has 3 heteroatoms. The maximum Gasteiger partial charge on any atom is 0.315 e. The molecular weight excluding hydrogens is 276 g/mol. The third-order valence-electron chi connectivity index (χ3n) is 3.40. The second-order valence-electron chi connectivity index (χ2n) is 5.20. The summed E-state index contributed by atoms with van der Waals surface area (Å²) in [5.74, 6) is 0.800. The number of esters is 1. The first kappa shape index (κ1) is 16.1. The van der Waals surface area contributed by atoms with Gasteiger partial charge in [0.25, 0.3) is 0 Å². The minimum absolute atomic E-state index is 0.253. The first-order valence-corrected chi connectivity index (χ1v) is 7.64. The highest BCUT2D eigenvalue weighted by atomic mass is 16.6. The minimum Gasteiger partial charge on any atom is -0.490 e. The number of rotatable bonds is 6. The van der Waals surface area contributed by atoms with Gasteiger partial charge in [-0.15, -0.1) is 0 Å². The van der Waals surface area contributed by atoms with E-state index in [2.05, 4.69) is 6.92 Å². The van der Waals surface area contributed by atoms with Crippen molar-refractivity contribution in [1.29, 1.82) is 0 Å². The van der Waals surface area contributed by atoms with Crippen molar-refractivity contribution in [1.82, 2.24) is 0 Å². The Bertz CT molecular complexity index is 630. The number of aryl methyl sites for hydroxylation is 2. The van der Waals surface area contributed by atoms with E-state index in [1.54, 1.807) is 6.07 Å². The molecule has 116 valence electrons. The van der Waals surface area contributed by atoms with Crippen LogP contribution >= 0.6 is 0 Å². The van der Waals surface area contributed by atoms with Crippen LogP contribution in [0.15, 0.2) is 42.5 Å². The quantitative estimate of drug-likeness (QED) is 0.595. The van der Waals surface area contributed by atoms with Crippen LogP contribution in [0.4, 0.5) is 0 Å². The van der Waals surface area contributed by atoms with E-state index in [0.717, 1.165) is 17.5 Å². The molecule has 0 aliphatic heterocycles. The van der Waals surface area contributed by atoms with Crippen molar-refractivity contribution in [3.63, 3.8) is 0 Å². The molecule has 0 saturated heterocycles. The first-order chi connectivity index (χ1) is 10.6. The van der Waals surface area contributed by atoms with E-state index in [1.165, 1.54) is 5.56 Å². The normalized spacial score (nSPS) is 10.3. The number of benzene rings is 2. The summed E-state index contributed by atoms with van der Waals surface area (Å²) < 4.78 is 11.0. The number of ether oxygens (including phenoxy) is 2. The van der Waals surface area contributed by atoms with Gasteiger partial charge < -0.3 is 9.47 Å². The summed E-state index contributed by atoms with van der Waals surface area (Å²) in [6.45, 7) is 6.52. The Morgan fingerprint density at radius 1 is 0.955 bits per heavy atom. The van der Waals surface area contributed by atoms with E-state index in [9.17, 15) is 4.79 Å². The summed E-state index contributed by atoms with van der Waals surface area (Å²) in [6.07, 6.45) is 1.25. The van der Waals surface area contributed by atoms with Crippen molar-refractivity contribution in [2.24, 2.45) is 0 Å². The highest BCUT2D eigenvalue weighted by Gasteiger charge is 2.11. The molecular formula is C19H22O3. The fraction of sp³-hybridized carbons (Fsp3) is 0.316. The van der Waals surface area contributed by atoms with E-state index in [-0.39, 0.29) is 12.4 Å². The number of carbonyl (C=O) groups excluding carboxylic acids is 1. The van der Waals surface area contributed by atoms with E-state index in [4.69, 9.17) is 9.47 Å². The smallest absolute Gasteiger partial charge is 0.315 e. The molecule has 0 N–H and O–H groups in total. The summed E-state index contributed by atoms with van der Waals surface area (Å²) in [5.41, 5.74) is 3.28. The topological polar surface area (TPSA) is 35.5 Å². The fourth-order valence-corrected chi connectivity index (χ4v) is 2.19. The molecule has 2 rings (SSSR count). The molecule has 0 heterocycles. The van der Waals surface area contributed by atoms with Crippen LogP contribution in [0.5, 0.6) is 11.5 Å². The van der Waals surface area contributed by atoms with E-state index in [0.29, 0.717) is 18.1 Å². The number of hydrogen-bond donors (Lipinski definition) is 0. The highest BCUT2D eigenvalue weighted by molar-refractivity contribution is 5.76. The van der Waals surface area contributed by atoms with Gasteiger partial charge in [0.05, 0.1) is 13.0 Å². The lowest BCUT2D eigenvalue weighted by Crippen LogP contribution is -2.12. The molecule has 3 nitrogen and oxygen atoms in total. The second-order valence-corrected chi connectivity index (χ2v) is 5.20. The van der Waals surface area contributed by atoms with Crippen molar-refractivity contribution in [2.45, 2.75) is 33.6 Å². The van der Waals surface area contributed by atoms with E-state index >= 15 is 0 Å². The summed E-state index contributed by atoms with van der Waals surface area (Å²) >= 11 is 0. The van der Waals surface area contributed by atoms with Crippen molar-refractivity contribution < 1.29 is 14.3 Å². The highest BCUT2D eigenvalue weighted by Crippen LogP contribution is 2.28. The molecule has 0 aromatic heterocycles. The predicted octanol–water partition coefficient (Wildman–Crippen LogP) is 4.10. The third kappa shape index (κ3) is 4.35. The van der Waals surface area contributed by atoms with Gasteiger partial charge in [-0.2, -0.15) is 0 Å². The molecule has 0 amide bonds. The molecule has 0 aliphatic carbocycles.